The molecule has 1 heterocycles. The summed E-state index contributed by atoms with van der Waals surface area (Å²) in [6.45, 7) is 4.72. The third kappa shape index (κ3) is 1.97. The molecule has 1 aliphatic heterocycles. The van der Waals surface area contributed by atoms with Crippen molar-refractivity contribution in [3.05, 3.63) is 0 Å². The normalized spacial score (nSPS) is 47.4. The van der Waals surface area contributed by atoms with Crippen molar-refractivity contribution in [2.24, 2.45) is 23.7 Å². The van der Waals surface area contributed by atoms with Gasteiger partial charge in [-0.25, -0.2) is 0 Å². The van der Waals surface area contributed by atoms with Crippen molar-refractivity contribution in [3.8, 4) is 0 Å². The van der Waals surface area contributed by atoms with Crippen LogP contribution in [0.4, 0.5) is 0 Å². The molecule has 2 aliphatic carbocycles. The van der Waals surface area contributed by atoms with Crippen molar-refractivity contribution in [2.45, 2.75) is 51.2 Å². The second-order valence-electron chi connectivity index (χ2n) is 6.52. The zero-order chi connectivity index (χ0) is 12.0. The SMILES string of the molecule is CC1CCC2C(C1)C(=O)C([S+]1CCCC1)C2C. The number of hydrogen-bond acceptors (Lipinski definition) is 1. The van der Waals surface area contributed by atoms with Gasteiger partial charge in [0.25, 0.3) is 0 Å². The maximum atomic E-state index is 12.7. The van der Waals surface area contributed by atoms with Crippen LogP contribution in [0.3, 0.4) is 0 Å². The van der Waals surface area contributed by atoms with E-state index in [1.165, 1.54) is 43.6 Å². The average molecular weight is 253 g/mol. The van der Waals surface area contributed by atoms with Gasteiger partial charge in [-0.15, -0.1) is 0 Å². The van der Waals surface area contributed by atoms with Gasteiger partial charge in [0.2, 0.25) is 0 Å². The summed E-state index contributed by atoms with van der Waals surface area (Å²) in [6.07, 6.45) is 6.64. The maximum Gasteiger partial charge on any atom is 0.188 e. The first-order valence-corrected chi connectivity index (χ1v) is 9.01. The summed E-state index contributed by atoms with van der Waals surface area (Å²) in [7, 11) is 0.460. The summed E-state index contributed by atoms with van der Waals surface area (Å²) >= 11 is 0. The highest BCUT2D eigenvalue weighted by molar-refractivity contribution is 7.98. The summed E-state index contributed by atoms with van der Waals surface area (Å²) in [6, 6.07) is 0. The molecule has 0 amide bonds. The molecule has 96 valence electrons. The van der Waals surface area contributed by atoms with Gasteiger partial charge in [-0.3, -0.25) is 4.79 Å². The summed E-state index contributed by atoms with van der Waals surface area (Å²) in [5.74, 6) is 6.08. The standard InChI is InChI=1S/C15H25OS/c1-10-5-6-12-11(2)15(14(16)13(12)9-10)17-7-3-4-8-17/h10-13,15H,3-9H2,1-2H3/q+1. The van der Waals surface area contributed by atoms with Crippen LogP contribution in [0.2, 0.25) is 0 Å². The fourth-order valence-corrected chi connectivity index (χ4v) is 7.63. The molecule has 1 saturated heterocycles. The Morgan fingerprint density at radius 3 is 2.53 bits per heavy atom. The van der Waals surface area contributed by atoms with E-state index >= 15 is 0 Å². The van der Waals surface area contributed by atoms with Gasteiger partial charge in [-0.1, -0.05) is 20.3 Å². The van der Waals surface area contributed by atoms with Crippen LogP contribution in [0.1, 0.15) is 46.0 Å². The van der Waals surface area contributed by atoms with E-state index in [0.717, 1.165) is 11.8 Å². The fraction of sp³-hybridized carbons (Fsp3) is 0.933. The van der Waals surface area contributed by atoms with Crippen molar-refractivity contribution in [1.29, 1.82) is 0 Å². The minimum absolute atomic E-state index is 0.451. The Balaban J connectivity index is 1.79. The number of hydrogen-bond donors (Lipinski definition) is 0. The lowest BCUT2D eigenvalue weighted by Crippen LogP contribution is -2.33. The van der Waals surface area contributed by atoms with E-state index in [1.54, 1.807) is 0 Å². The lowest BCUT2D eigenvalue weighted by Gasteiger charge is -2.30. The van der Waals surface area contributed by atoms with Crippen LogP contribution in [0, 0.1) is 23.7 Å². The molecule has 2 saturated carbocycles. The summed E-state index contributed by atoms with van der Waals surface area (Å²) < 4.78 is 0. The van der Waals surface area contributed by atoms with Gasteiger partial charge in [0, 0.05) is 11.8 Å². The first-order valence-electron chi connectivity index (χ1n) is 7.38. The Bertz CT molecular complexity index is 308. The molecule has 0 aromatic carbocycles. The molecule has 0 N–H and O–H groups in total. The van der Waals surface area contributed by atoms with Crippen molar-refractivity contribution in [1.82, 2.24) is 0 Å². The fourth-order valence-electron chi connectivity index (χ4n) is 4.45. The van der Waals surface area contributed by atoms with Gasteiger partial charge in [0.05, 0.1) is 0 Å². The van der Waals surface area contributed by atoms with Crippen LogP contribution in [0.15, 0.2) is 0 Å². The summed E-state index contributed by atoms with van der Waals surface area (Å²) in [5.41, 5.74) is 0. The van der Waals surface area contributed by atoms with E-state index in [0.29, 0.717) is 33.8 Å². The largest absolute Gasteiger partial charge is 0.294 e. The van der Waals surface area contributed by atoms with E-state index < -0.39 is 0 Å². The Kier molecular flexibility index (Phi) is 3.27. The molecule has 0 radical (unpaired) electrons. The lowest BCUT2D eigenvalue weighted by molar-refractivity contribution is -0.122. The van der Waals surface area contributed by atoms with Crippen LogP contribution in [0.5, 0.6) is 0 Å². The van der Waals surface area contributed by atoms with E-state index in [1.807, 2.05) is 0 Å². The van der Waals surface area contributed by atoms with Crippen molar-refractivity contribution < 1.29 is 4.79 Å². The molecule has 3 rings (SSSR count). The molecule has 5 unspecified atom stereocenters. The molecule has 17 heavy (non-hydrogen) atoms. The first-order chi connectivity index (χ1) is 8.18. The van der Waals surface area contributed by atoms with Crippen LogP contribution < -0.4 is 0 Å². The molecule has 0 spiro atoms. The number of ketones is 1. The third-order valence-corrected chi connectivity index (χ3v) is 8.39. The lowest BCUT2D eigenvalue weighted by atomic mass is 9.74. The second kappa shape index (κ2) is 4.60. The molecule has 0 aromatic heterocycles. The Morgan fingerprint density at radius 2 is 1.82 bits per heavy atom. The van der Waals surface area contributed by atoms with E-state index in [2.05, 4.69) is 13.8 Å². The molecule has 0 aromatic rings. The Labute approximate surface area is 108 Å². The molecule has 2 heteroatoms. The number of rotatable bonds is 1. The molecule has 0 bridgehead atoms. The van der Waals surface area contributed by atoms with Gasteiger partial charge in [0.15, 0.2) is 11.0 Å². The highest BCUT2D eigenvalue weighted by Crippen LogP contribution is 2.48. The van der Waals surface area contributed by atoms with Crippen LogP contribution in [-0.2, 0) is 15.7 Å². The third-order valence-electron chi connectivity index (χ3n) is 5.39. The first kappa shape index (κ1) is 12.1. The second-order valence-corrected chi connectivity index (χ2v) is 8.92. The van der Waals surface area contributed by atoms with Crippen LogP contribution >= 0.6 is 0 Å². The van der Waals surface area contributed by atoms with Crippen molar-refractivity contribution in [2.75, 3.05) is 11.5 Å². The molecular formula is C15H25OS+. The minimum Gasteiger partial charge on any atom is -0.294 e. The van der Waals surface area contributed by atoms with E-state index in [4.69, 9.17) is 0 Å². The zero-order valence-corrected chi connectivity index (χ0v) is 12.0. The molecule has 1 nitrogen and oxygen atoms in total. The highest BCUT2D eigenvalue weighted by atomic mass is 32.2. The van der Waals surface area contributed by atoms with Crippen LogP contribution in [-0.4, -0.2) is 22.5 Å². The Hall–Kier alpha value is 0.0200. The van der Waals surface area contributed by atoms with Gasteiger partial charge >= 0.3 is 0 Å². The minimum atomic E-state index is 0.451. The predicted octanol–water partition coefficient (Wildman–Crippen LogP) is 3.04. The molecule has 5 atom stereocenters. The quantitative estimate of drug-likeness (QED) is 0.657. The van der Waals surface area contributed by atoms with Gasteiger partial charge in [0.1, 0.15) is 11.5 Å². The number of fused-ring (bicyclic) bond motifs is 1. The Morgan fingerprint density at radius 1 is 1.12 bits per heavy atom. The van der Waals surface area contributed by atoms with Gasteiger partial charge in [-0.2, -0.15) is 0 Å². The summed E-state index contributed by atoms with van der Waals surface area (Å²) in [4.78, 5) is 12.7. The maximum absolute atomic E-state index is 12.7. The van der Waals surface area contributed by atoms with Gasteiger partial charge in [-0.05, 0) is 48.4 Å². The average Bonchev–Trinajstić information content (AvgIpc) is 2.88. The number of Topliss-reactive ketones (excluding diaryl/α,β-unsaturated/α-hetero) is 1. The molecule has 3 fully saturated rings. The van der Waals surface area contributed by atoms with Crippen LogP contribution in [0.25, 0.3) is 0 Å². The summed E-state index contributed by atoms with van der Waals surface area (Å²) in [5, 5.41) is 0.470. The monoisotopic (exact) mass is 253 g/mol. The number of carbonyl (C=O) groups excluding carboxylic acids is 1. The molecular weight excluding hydrogens is 228 g/mol. The zero-order valence-electron chi connectivity index (χ0n) is 11.2. The topological polar surface area (TPSA) is 17.1 Å². The van der Waals surface area contributed by atoms with Gasteiger partial charge < -0.3 is 0 Å². The molecule has 3 aliphatic rings. The predicted molar refractivity (Wildman–Crippen MR) is 74.3 cm³/mol. The van der Waals surface area contributed by atoms with E-state index in [-0.39, 0.29) is 0 Å². The van der Waals surface area contributed by atoms with Crippen molar-refractivity contribution in [3.63, 3.8) is 0 Å². The highest BCUT2D eigenvalue weighted by Gasteiger charge is 2.56. The smallest absolute Gasteiger partial charge is 0.188 e. The van der Waals surface area contributed by atoms with E-state index in [9.17, 15) is 4.79 Å². The van der Waals surface area contributed by atoms with Crippen molar-refractivity contribution >= 4 is 16.7 Å². The number of carbonyl (C=O) groups is 1.